The fourth-order valence-electron chi connectivity index (χ4n) is 1.41. The Bertz CT molecular complexity index is 511. The van der Waals surface area contributed by atoms with Crippen LogP contribution in [0.5, 0.6) is 0 Å². The predicted molar refractivity (Wildman–Crippen MR) is 56.2 cm³/mol. The molecule has 0 amide bonds. The van der Waals surface area contributed by atoms with Gasteiger partial charge in [0.05, 0.1) is 5.69 Å². The van der Waals surface area contributed by atoms with Gasteiger partial charge in [-0.2, -0.15) is 0 Å². The Hall–Kier alpha value is -2.10. The lowest BCUT2D eigenvalue weighted by molar-refractivity contribution is -0.107. The van der Waals surface area contributed by atoms with Gasteiger partial charge in [0.2, 0.25) is 0 Å². The first-order valence-electron chi connectivity index (χ1n) is 4.61. The summed E-state index contributed by atoms with van der Waals surface area (Å²) in [5.74, 6) is 0. The van der Waals surface area contributed by atoms with Gasteiger partial charge >= 0.3 is 0 Å². The third-order valence-electron chi connectivity index (χ3n) is 2.09. The zero-order valence-electron chi connectivity index (χ0n) is 8.01. The highest BCUT2D eigenvalue weighted by Crippen LogP contribution is 2.02. The van der Waals surface area contributed by atoms with Gasteiger partial charge in [0.25, 0.3) is 5.56 Å². The summed E-state index contributed by atoms with van der Waals surface area (Å²) in [6, 6.07) is 10.7. The smallest absolute Gasteiger partial charge is 0.271 e. The average Bonchev–Trinajstić information content (AvgIpc) is 2.61. The Morgan fingerprint density at radius 2 is 2.00 bits per heavy atom. The van der Waals surface area contributed by atoms with Crippen LogP contribution in [0.3, 0.4) is 0 Å². The molecular weight excluding hydrogens is 192 g/mol. The minimum Gasteiger partial charge on any atom is -0.303 e. The molecular formula is C11H10N2O2. The van der Waals surface area contributed by atoms with E-state index >= 15 is 0 Å². The molecule has 1 aromatic carbocycles. The number of nitrogens with zero attached hydrogens (tertiary/aromatic N) is 1. The number of aldehydes is 1. The zero-order valence-corrected chi connectivity index (χ0v) is 8.01. The van der Waals surface area contributed by atoms with E-state index in [1.165, 1.54) is 10.7 Å². The first-order valence-corrected chi connectivity index (χ1v) is 4.61. The molecule has 0 aliphatic rings. The number of hydrogen-bond acceptors (Lipinski definition) is 2. The predicted octanol–water partition coefficient (Wildman–Crippen LogP) is 0.907. The molecule has 1 aromatic heterocycles. The quantitative estimate of drug-likeness (QED) is 0.752. The van der Waals surface area contributed by atoms with Crippen molar-refractivity contribution in [2.45, 2.75) is 6.42 Å². The summed E-state index contributed by atoms with van der Waals surface area (Å²) >= 11 is 0. The first-order chi connectivity index (χ1) is 7.31. The summed E-state index contributed by atoms with van der Waals surface area (Å²) in [6.07, 6.45) is 0.996. The molecule has 0 aliphatic heterocycles. The van der Waals surface area contributed by atoms with E-state index in [2.05, 4.69) is 5.10 Å². The third kappa shape index (κ3) is 1.88. The maximum Gasteiger partial charge on any atom is 0.271 e. The van der Waals surface area contributed by atoms with Gasteiger partial charge < -0.3 is 4.79 Å². The van der Waals surface area contributed by atoms with Crippen molar-refractivity contribution in [2.75, 3.05) is 0 Å². The van der Waals surface area contributed by atoms with E-state index in [4.69, 9.17) is 0 Å². The second-order valence-corrected chi connectivity index (χ2v) is 3.16. The maximum atomic E-state index is 11.5. The van der Waals surface area contributed by atoms with Crippen LogP contribution in [0.1, 0.15) is 5.69 Å². The summed E-state index contributed by atoms with van der Waals surface area (Å²) in [5, 5.41) is 2.87. The molecule has 0 bridgehead atoms. The molecule has 0 unspecified atom stereocenters. The van der Waals surface area contributed by atoms with Crippen molar-refractivity contribution in [3.63, 3.8) is 0 Å². The van der Waals surface area contributed by atoms with E-state index in [9.17, 15) is 9.59 Å². The van der Waals surface area contributed by atoms with Gasteiger partial charge in [-0.1, -0.05) is 18.2 Å². The molecule has 15 heavy (non-hydrogen) atoms. The van der Waals surface area contributed by atoms with Crippen LogP contribution in [-0.4, -0.2) is 16.1 Å². The van der Waals surface area contributed by atoms with Crippen molar-refractivity contribution >= 4 is 6.29 Å². The van der Waals surface area contributed by atoms with E-state index < -0.39 is 0 Å². The highest BCUT2D eigenvalue weighted by Gasteiger charge is 2.03. The lowest BCUT2D eigenvalue weighted by atomic mass is 10.3. The van der Waals surface area contributed by atoms with Crippen molar-refractivity contribution in [1.29, 1.82) is 0 Å². The largest absolute Gasteiger partial charge is 0.303 e. The van der Waals surface area contributed by atoms with Crippen LogP contribution in [0.2, 0.25) is 0 Å². The fraction of sp³-hybridized carbons (Fsp3) is 0.0909. The molecule has 1 N–H and O–H groups in total. The molecule has 0 spiro atoms. The normalized spacial score (nSPS) is 10.1. The summed E-state index contributed by atoms with van der Waals surface area (Å²) in [5.41, 5.74) is 1.23. The van der Waals surface area contributed by atoms with Crippen LogP contribution in [0.4, 0.5) is 0 Å². The molecule has 0 aliphatic carbocycles. The van der Waals surface area contributed by atoms with Gasteiger partial charge in [-0.15, -0.1) is 0 Å². The molecule has 4 nitrogen and oxygen atoms in total. The summed E-state index contributed by atoms with van der Waals surface area (Å²) < 4.78 is 1.42. The second-order valence-electron chi connectivity index (χ2n) is 3.16. The molecule has 0 saturated heterocycles. The van der Waals surface area contributed by atoms with Gasteiger partial charge in [-0.25, -0.2) is 4.68 Å². The second kappa shape index (κ2) is 3.96. The van der Waals surface area contributed by atoms with E-state index in [1.807, 2.05) is 30.3 Å². The lowest BCUT2D eigenvalue weighted by Gasteiger charge is -1.99. The number of hydrogen-bond donors (Lipinski definition) is 1. The van der Waals surface area contributed by atoms with E-state index in [-0.39, 0.29) is 12.0 Å². The van der Waals surface area contributed by atoms with E-state index in [0.29, 0.717) is 5.69 Å². The molecule has 0 fully saturated rings. The zero-order chi connectivity index (χ0) is 10.7. The SMILES string of the molecule is O=CCc1cc(=O)n(-c2ccccc2)[nH]1. The lowest BCUT2D eigenvalue weighted by Crippen LogP contribution is -2.12. The number of carbonyl (C=O) groups is 1. The van der Waals surface area contributed by atoms with Crippen molar-refractivity contribution in [1.82, 2.24) is 9.78 Å². The number of para-hydroxylation sites is 1. The Morgan fingerprint density at radius 3 is 2.67 bits per heavy atom. The Balaban J connectivity index is 2.45. The number of aromatic amines is 1. The minimum atomic E-state index is -0.155. The van der Waals surface area contributed by atoms with E-state index in [1.54, 1.807) is 0 Å². The monoisotopic (exact) mass is 202 g/mol. The molecule has 0 saturated carbocycles. The molecule has 2 rings (SSSR count). The van der Waals surface area contributed by atoms with Crippen molar-refractivity contribution in [3.05, 3.63) is 52.4 Å². The van der Waals surface area contributed by atoms with Crippen LogP contribution in [0, 0.1) is 0 Å². The van der Waals surface area contributed by atoms with Crippen LogP contribution in [-0.2, 0) is 11.2 Å². The summed E-state index contributed by atoms with van der Waals surface area (Å²) in [7, 11) is 0. The number of carbonyl (C=O) groups excluding carboxylic acids is 1. The average molecular weight is 202 g/mol. The van der Waals surface area contributed by atoms with Gasteiger partial charge in [-0.05, 0) is 12.1 Å². The molecule has 1 heterocycles. The van der Waals surface area contributed by atoms with Crippen LogP contribution < -0.4 is 5.56 Å². The molecule has 0 atom stereocenters. The van der Waals surface area contributed by atoms with Crippen LogP contribution in [0.15, 0.2) is 41.2 Å². The van der Waals surface area contributed by atoms with E-state index in [0.717, 1.165) is 12.0 Å². The van der Waals surface area contributed by atoms with Crippen LogP contribution in [0.25, 0.3) is 5.69 Å². The molecule has 2 aromatic rings. The Labute approximate surface area is 86.1 Å². The Kier molecular flexibility index (Phi) is 2.49. The number of rotatable bonds is 3. The summed E-state index contributed by atoms with van der Waals surface area (Å²) in [6.45, 7) is 0. The van der Waals surface area contributed by atoms with Crippen LogP contribution >= 0.6 is 0 Å². The standard InChI is InChI=1S/C11H10N2O2/c14-7-6-9-8-11(15)13(12-9)10-4-2-1-3-5-10/h1-5,7-8,12H,6H2. The third-order valence-corrected chi connectivity index (χ3v) is 2.09. The number of H-pyrrole nitrogens is 1. The van der Waals surface area contributed by atoms with Crippen molar-refractivity contribution in [2.24, 2.45) is 0 Å². The number of nitrogens with one attached hydrogen (secondary N) is 1. The first kappa shape index (κ1) is 9.45. The van der Waals surface area contributed by atoms with Crippen molar-refractivity contribution < 1.29 is 4.79 Å². The highest BCUT2D eigenvalue weighted by atomic mass is 16.1. The summed E-state index contributed by atoms with van der Waals surface area (Å²) in [4.78, 5) is 21.8. The minimum absolute atomic E-state index is 0.155. The van der Waals surface area contributed by atoms with Crippen molar-refractivity contribution in [3.8, 4) is 5.69 Å². The van der Waals surface area contributed by atoms with Gasteiger partial charge in [0.1, 0.15) is 6.29 Å². The molecule has 76 valence electrons. The topological polar surface area (TPSA) is 54.9 Å². The number of benzene rings is 1. The number of aromatic nitrogens is 2. The van der Waals surface area contributed by atoms with Gasteiger partial charge in [-0.3, -0.25) is 9.89 Å². The van der Waals surface area contributed by atoms with Gasteiger partial charge in [0.15, 0.2) is 0 Å². The van der Waals surface area contributed by atoms with Gasteiger partial charge in [0, 0.05) is 18.2 Å². The highest BCUT2D eigenvalue weighted by molar-refractivity contribution is 5.53. The fourth-order valence-corrected chi connectivity index (χ4v) is 1.41. The molecule has 4 heteroatoms. The Morgan fingerprint density at radius 1 is 1.27 bits per heavy atom. The maximum absolute atomic E-state index is 11.5. The molecule has 0 radical (unpaired) electrons.